The van der Waals surface area contributed by atoms with Crippen molar-refractivity contribution in [2.45, 2.75) is 18.6 Å². The van der Waals surface area contributed by atoms with Crippen LogP contribution < -0.4 is 0 Å². The Morgan fingerprint density at radius 2 is 1.96 bits per heavy atom. The molecule has 3 rings (SSSR count). The topological polar surface area (TPSA) is 53.1 Å². The second kappa shape index (κ2) is 6.18. The summed E-state index contributed by atoms with van der Waals surface area (Å²) in [6.45, 7) is 4.17. The minimum atomic E-state index is -0.336. The molecule has 0 aromatic heterocycles. The molecule has 6 nitrogen and oxygen atoms in total. The van der Waals surface area contributed by atoms with Crippen LogP contribution in [-0.4, -0.2) is 85.5 Å². The van der Waals surface area contributed by atoms with Crippen molar-refractivity contribution in [3.05, 3.63) is 35.4 Å². The van der Waals surface area contributed by atoms with Crippen LogP contribution in [0.5, 0.6) is 0 Å². The third-order valence-electron chi connectivity index (χ3n) is 4.85. The fraction of sp³-hybridized carbons (Fsp3) is 0.556. The molecular weight excluding hydrogens is 306 g/mol. The number of carbonyl (C=O) groups excluding carboxylic acids is 2. The quantitative estimate of drug-likeness (QED) is 0.797. The van der Waals surface area contributed by atoms with Crippen molar-refractivity contribution in [2.75, 3.05) is 47.4 Å². The number of ether oxygens (including phenoxy) is 1. The highest BCUT2D eigenvalue weighted by Gasteiger charge is 2.51. The van der Waals surface area contributed by atoms with Crippen LogP contribution in [0.25, 0.3) is 0 Å². The number of morpholine rings is 1. The Morgan fingerprint density at radius 3 is 2.54 bits per heavy atom. The Kier molecular flexibility index (Phi) is 4.36. The maximum absolute atomic E-state index is 12.5. The lowest BCUT2D eigenvalue weighted by atomic mass is 9.89. The molecule has 6 heteroatoms. The van der Waals surface area contributed by atoms with E-state index in [0.717, 1.165) is 11.1 Å². The summed E-state index contributed by atoms with van der Waals surface area (Å²) in [5.41, 5.74) is 1.46. The van der Waals surface area contributed by atoms with Crippen LogP contribution in [0.2, 0.25) is 0 Å². The molecular formula is C18H25N3O3. The van der Waals surface area contributed by atoms with E-state index in [1.165, 1.54) is 0 Å². The number of rotatable bonds is 2. The van der Waals surface area contributed by atoms with Crippen molar-refractivity contribution < 1.29 is 14.3 Å². The SMILES string of the molecule is Cc1cccc(C(=O)N2CC3(C2)CN(C)C(C(=O)N(C)C)CO3)c1. The van der Waals surface area contributed by atoms with Crippen molar-refractivity contribution in [3.8, 4) is 0 Å². The van der Waals surface area contributed by atoms with Gasteiger partial charge in [0.1, 0.15) is 11.6 Å². The number of likely N-dealkylation sites (tertiary alicyclic amines) is 1. The van der Waals surface area contributed by atoms with E-state index >= 15 is 0 Å². The van der Waals surface area contributed by atoms with E-state index in [1.54, 1.807) is 19.0 Å². The molecule has 0 radical (unpaired) electrons. The molecule has 24 heavy (non-hydrogen) atoms. The first-order valence-corrected chi connectivity index (χ1v) is 8.23. The Bertz CT molecular complexity index is 653. The van der Waals surface area contributed by atoms with E-state index in [1.807, 2.05) is 48.0 Å². The van der Waals surface area contributed by atoms with Gasteiger partial charge in [-0.1, -0.05) is 17.7 Å². The molecule has 130 valence electrons. The summed E-state index contributed by atoms with van der Waals surface area (Å²) in [7, 11) is 5.46. The Morgan fingerprint density at radius 1 is 1.25 bits per heavy atom. The lowest BCUT2D eigenvalue weighted by Gasteiger charge is -2.54. The predicted molar refractivity (Wildman–Crippen MR) is 90.9 cm³/mol. The third kappa shape index (κ3) is 3.03. The number of amides is 2. The Hall–Kier alpha value is -1.92. The maximum Gasteiger partial charge on any atom is 0.254 e. The van der Waals surface area contributed by atoms with E-state index in [2.05, 4.69) is 0 Å². The molecule has 2 heterocycles. The summed E-state index contributed by atoms with van der Waals surface area (Å²) >= 11 is 0. The second-order valence-electron chi connectivity index (χ2n) is 7.19. The first-order chi connectivity index (χ1) is 11.3. The first-order valence-electron chi connectivity index (χ1n) is 8.23. The van der Waals surface area contributed by atoms with Crippen LogP contribution in [0.3, 0.4) is 0 Å². The fourth-order valence-corrected chi connectivity index (χ4v) is 3.50. The summed E-state index contributed by atoms with van der Waals surface area (Å²) in [6, 6.07) is 7.40. The number of carbonyl (C=O) groups is 2. The van der Waals surface area contributed by atoms with E-state index in [-0.39, 0.29) is 23.5 Å². The molecule has 2 aliphatic rings. The van der Waals surface area contributed by atoms with Gasteiger partial charge in [-0.25, -0.2) is 0 Å². The zero-order valence-corrected chi connectivity index (χ0v) is 14.8. The first kappa shape index (κ1) is 16.9. The van der Waals surface area contributed by atoms with Gasteiger partial charge in [0.2, 0.25) is 5.91 Å². The largest absolute Gasteiger partial charge is 0.368 e. The number of benzene rings is 1. The highest BCUT2D eigenvalue weighted by molar-refractivity contribution is 5.95. The number of nitrogens with zero attached hydrogens (tertiary/aromatic N) is 3. The molecule has 0 aliphatic carbocycles. The highest BCUT2D eigenvalue weighted by atomic mass is 16.5. The average Bonchev–Trinajstić information content (AvgIpc) is 2.51. The summed E-state index contributed by atoms with van der Waals surface area (Å²) < 4.78 is 6.01. The van der Waals surface area contributed by atoms with Gasteiger partial charge in [0.25, 0.3) is 5.91 Å². The molecule has 2 fully saturated rings. The lowest BCUT2D eigenvalue weighted by Crippen LogP contribution is -2.73. The van der Waals surface area contributed by atoms with Crippen LogP contribution in [0, 0.1) is 6.92 Å². The average molecular weight is 331 g/mol. The van der Waals surface area contributed by atoms with Gasteiger partial charge in [-0.15, -0.1) is 0 Å². The van der Waals surface area contributed by atoms with E-state index in [9.17, 15) is 9.59 Å². The van der Waals surface area contributed by atoms with Gasteiger partial charge in [-0.2, -0.15) is 0 Å². The van der Waals surface area contributed by atoms with E-state index in [0.29, 0.717) is 26.2 Å². The minimum Gasteiger partial charge on any atom is -0.368 e. The molecule has 2 amide bonds. The Labute approximate surface area is 143 Å². The lowest BCUT2D eigenvalue weighted by molar-refractivity contribution is -0.190. The monoisotopic (exact) mass is 331 g/mol. The molecule has 0 bridgehead atoms. The number of hydrogen-bond acceptors (Lipinski definition) is 4. The molecule has 1 aromatic rings. The Balaban J connectivity index is 1.60. The standard InChI is InChI=1S/C18H25N3O3/c1-13-6-5-7-14(8-13)16(22)21-11-18(12-21)10-20(4)15(9-24-18)17(23)19(2)3/h5-8,15H,9-12H2,1-4H3. The molecule has 0 saturated carbocycles. The van der Waals surface area contributed by atoms with Crippen molar-refractivity contribution in [3.63, 3.8) is 0 Å². The summed E-state index contributed by atoms with van der Waals surface area (Å²) in [4.78, 5) is 30.2. The van der Waals surface area contributed by atoms with Gasteiger partial charge in [0.05, 0.1) is 19.7 Å². The molecule has 2 aliphatic heterocycles. The summed E-state index contributed by atoms with van der Waals surface area (Å²) in [5.74, 6) is 0.0986. The van der Waals surface area contributed by atoms with Gasteiger partial charge in [0, 0.05) is 26.2 Å². The molecule has 1 atom stereocenters. The van der Waals surface area contributed by atoms with Crippen molar-refractivity contribution in [1.29, 1.82) is 0 Å². The van der Waals surface area contributed by atoms with Crippen LogP contribution in [0.15, 0.2) is 24.3 Å². The fourth-order valence-electron chi connectivity index (χ4n) is 3.50. The van der Waals surface area contributed by atoms with Crippen molar-refractivity contribution in [2.24, 2.45) is 0 Å². The third-order valence-corrected chi connectivity index (χ3v) is 4.85. The predicted octanol–water partition coefficient (Wildman–Crippen LogP) is 0.608. The van der Waals surface area contributed by atoms with Crippen LogP contribution >= 0.6 is 0 Å². The van der Waals surface area contributed by atoms with Crippen LogP contribution in [0.4, 0.5) is 0 Å². The molecule has 2 saturated heterocycles. The minimum absolute atomic E-state index is 0.0436. The molecule has 1 aromatic carbocycles. The van der Waals surface area contributed by atoms with Crippen molar-refractivity contribution >= 4 is 11.8 Å². The zero-order valence-electron chi connectivity index (χ0n) is 14.8. The van der Waals surface area contributed by atoms with Gasteiger partial charge < -0.3 is 14.5 Å². The second-order valence-corrected chi connectivity index (χ2v) is 7.19. The molecule has 0 N–H and O–H groups in total. The highest BCUT2D eigenvalue weighted by Crippen LogP contribution is 2.31. The van der Waals surface area contributed by atoms with E-state index in [4.69, 9.17) is 4.74 Å². The van der Waals surface area contributed by atoms with Gasteiger partial charge in [-0.05, 0) is 26.1 Å². The summed E-state index contributed by atoms with van der Waals surface area (Å²) in [5, 5.41) is 0. The maximum atomic E-state index is 12.5. The van der Waals surface area contributed by atoms with Gasteiger partial charge in [-0.3, -0.25) is 14.5 Å². The number of hydrogen-bond donors (Lipinski definition) is 0. The van der Waals surface area contributed by atoms with Gasteiger partial charge in [0.15, 0.2) is 0 Å². The molecule has 1 spiro atoms. The summed E-state index contributed by atoms with van der Waals surface area (Å²) in [6.07, 6.45) is 0. The van der Waals surface area contributed by atoms with Crippen molar-refractivity contribution in [1.82, 2.24) is 14.7 Å². The van der Waals surface area contributed by atoms with Crippen LogP contribution in [0.1, 0.15) is 15.9 Å². The molecule has 1 unspecified atom stereocenters. The zero-order chi connectivity index (χ0) is 17.5. The van der Waals surface area contributed by atoms with Gasteiger partial charge >= 0.3 is 0 Å². The van der Waals surface area contributed by atoms with E-state index < -0.39 is 0 Å². The normalized spacial score (nSPS) is 23.0. The van der Waals surface area contributed by atoms with Crippen LogP contribution in [-0.2, 0) is 9.53 Å². The smallest absolute Gasteiger partial charge is 0.254 e. The number of aryl methyl sites for hydroxylation is 1. The number of likely N-dealkylation sites (N-methyl/N-ethyl adjacent to an activating group) is 2.